The van der Waals surface area contributed by atoms with Gasteiger partial charge in [-0.1, -0.05) is 52.7 Å². The van der Waals surface area contributed by atoms with Gasteiger partial charge in [0.15, 0.2) is 4.36 Å². The summed E-state index contributed by atoms with van der Waals surface area (Å²) < 4.78 is 26.3. The Balaban J connectivity index is 1.46. The van der Waals surface area contributed by atoms with Gasteiger partial charge in [-0.3, -0.25) is 18.7 Å². The molecule has 6 nitrogen and oxygen atoms in total. The third-order valence-corrected chi connectivity index (χ3v) is 7.19. The zero-order valence-corrected chi connectivity index (χ0v) is 15.8. The average molecular weight is 400 g/mol. The first-order valence-electron chi connectivity index (χ1n) is 8.55. The van der Waals surface area contributed by atoms with Crippen molar-refractivity contribution in [2.45, 2.75) is 32.3 Å². The lowest BCUT2D eigenvalue weighted by Gasteiger charge is -2.40. The molecule has 26 heavy (non-hydrogen) atoms. The van der Waals surface area contributed by atoms with Crippen molar-refractivity contribution >= 4 is 34.3 Å². The van der Waals surface area contributed by atoms with E-state index in [9.17, 15) is 18.7 Å². The van der Waals surface area contributed by atoms with E-state index >= 15 is 0 Å². The fourth-order valence-electron chi connectivity index (χ4n) is 3.33. The van der Waals surface area contributed by atoms with Gasteiger partial charge >= 0.3 is 5.97 Å². The summed E-state index contributed by atoms with van der Waals surface area (Å²) >= 11 is 5.74. The number of halogens is 1. The lowest BCUT2D eigenvalue weighted by atomic mass is 9.82. The highest BCUT2D eigenvalue weighted by Gasteiger charge is 2.39. The van der Waals surface area contributed by atoms with Crippen molar-refractivity contribution in [1.29, 1.82) is 0 Å². The molecule has 142 valence electrons. The van der Waals surface area contributed by atoms with Crippen LogP contribution in [0.5, 0.6) is 0 Å². The first kappa shape index (κ1) is 19.2. The second kappa shape index (κ2) is 8.00. The van der Waals surface area contributed by atoms with Gasteiger partial charge in [-0.15, -0.1) is 0 Å². The molecule has 2 N–H and O–H groups in total. The molecule has 2 aliphatic rings. The lowest BCUT2D eigenvalue weighted by molar-refractivity contribution is -0.151. The Morgan fingerprint density at radius 1 is 1.19 bits per heavy atom. The molecule has 1 aliphatic carbocycles. The second-order valence-corrected chi connectivity index (χ2v) is 9.23. The van der Waals surface area contributed by atoms with Crippen molar-refractivity contribution in [3.05, 3.63) is 46.3 Å². The van der Waals surface area contributed by atoms with Crippen molar-refractivity contribution in [3.63, 3.8) is 0 Å². The average Bonchev–Trinajstić information content (AvgIpc) is 2.83. The molecule has 1 fully saturated rings. The minimum absolute atomic E-state index is 0.110. The molecular formula is C18H22ClNO5S. The standard InChI is InChI=1S/C18H22ClNO5S/c19-16-10-17(21)20(26(16,23)24)11-13-6-8-15(9-7-13)18(22)25-12-14-4-2-1-3-5-14/h1-5,10,13,15,23-24H,6-9,11-12H2. The van der Waals surface area contributed by atoms with Crippen molar-refractivity contribution in [1.82, 2.24) is 4.31 Å². The van der Waals surface area contributed by atoms with Gasteiger partial charge in [-0.2, -0.15) is 0 Å². The molecule has 0 atom stereocenters. The van der Waals surface area contributed by atoms with Crippen molar-refractivity contribution < 1.29 is 23.4 Å². The Morgan fingerprint density at radius 3 is 2.42 bits per heavy atom. The number of carbonyl (C=O) groups excluding carboxylic acids is 2. The van der Waals surface area contributed by atoms with Crippen molar-refractivity contribution in [2.75, 3.05) is 6.54 Å². The number of esters is 1. The third kappa shape index (κ3) is 4.23. The Kier molecular flexibility index (Phi) is 5.92. The lowest BCUT2D eigenvalue weighted by Crippen LogP contribution is -2.35. The predicted molar refractivity (Wildman–Crippen MR) is 100 cm³/mol. The largest absolute Gasteiger partial charge is 0.461 e. The third-order valence-electron chi connectivity index (χ3n) is 4.88. The van der Waals surface area contributed by atoms with Crippen molar-refractivity contribution in [3.8, 4) is 0 Å². The number of rotatable bonds is 5. The summed E-state index contributed by atoms with van der Waals surface area (Å²) in [6.07, 6.45) is 3.84. The van der Waals surface area contributed by atoms with E-state index in [1.165, 1.54) is 0 Å². The number of amides is 1. The maximum atomic E-state index is 12.2. The van der Waals surface area contributed by atoms with Crippen molar-refractivity contribution in [2.24, 2.45) is 11.8 Å². The van der Waals surface area contributed by atoms with Crippen LogP contribution in [0.3, 0.4) is 0 Å². The van der Waals surface area contributed by atoms with Crippen LogP contribution < -0.4 is 0 Å². The maximum Gasteiger partial charge on any atom is 0.309 e. The summed E-state index contributed by atoms with van der Waals surface area (Å²) in [5, 5.41) is 0. The highest BCUT2D eigenvalue weighted by Crippen LogP contribution is 2.57. The zero-order valence-electron chi connectivity index (χ0n) is 14.2. The molecule has 1 aliphatic heterocycles. The van der Waals surface area contributed by atoms with Crippen LogP contribution in [0.25, 0.3) is 0 Å². The molecule has 0 spiro atoms. The van der Waals surface area contributed by atoms with E-state index in [-0.39, 0.29) is 35.3 Å². The summed E-state index contributed by atoms with van der Waals surface area (Å²) in [6, 6.07) is 9.54. The molecule has 1 heterocycles. The Bertz CT molecular complexity index is 701. The number of hydrogen-bond acceptors (Lipinski definition) is 5. The topological polar surface area (TPSA) is 87.1 Å². The quantitative estimate of drug-likeness (QED) is 0.727. The van der Waals surface area contributed by atoms with Gasteiger partial charge in [0.1, 0.15) is 6.61 Å². The molecule has 0 saturated heterocycles. The zero-order chi connectivity index (χ0) is 18.7. The molecule has 0 aromatic heterocycles. The SMILES string of the molecule is O=C(OCc1ccccc1)C1CCC(CN2C(=O)C=C(Cl)S2(O)O)CC1. The van der Waals surface area contributed by atoms with Crippen LogP contribution in [0.4, 0.5) is 0 Å². The van der Waals surface area contributed by atoms with Gasteiger partial charge in [0.05, 0.1) is 5.92 Å². The normalized spacial score (nSPS) is 26.3. The molecule has 1 aromatic rings. The highest BCUT2D eigenvalue weighted by molar-refractivity contribution is 8.27. The molecular weight excluding hydrogens is 378 g/mol. The molecule has 1 saturated carbocycles. The van der Waals surface area contributed by atoms with E-state index in [1.807, 2.05) is 30.3 Å². The number of benzene rings is 1. The maximum absolute atomic E-state index is 12.2. The summed E-state index contributed by atoms with van der Waals surface area (Å²) in [5.41, 5.74) is 0.955. The Labute approximate surface area is 159 Å². The van der Waals surface area contributed by atoms with Crippen LogP contribution in [0.15, 0.2) is 40.8 Å². The second-order valence-electron chi connectivity index (χ2n) is 6.68. The molecule has 1 amide bonds. The predicted octanol–water partition coefficient (Wildman–Crippen LogP) is 4.12. The smallest absolute Gasteiger partial charge is 0.309 e. The number of nitrogens with zero attached hydrogens (tertiary/aromatic N) is 1. The molecule has 0 radical (unpaired) electrons. The monoisotopic (exact) mass is 399 g/mol. The van der Waals surface area contributed by atoms with E-state index < -0.39 is 16.7 Å². The summed E-state index contributed by atoms with van der Waals surface area (Å²) in [6.45, 7) is 0.507. The number of carbonyl (C=O) groups is 2. The molecule has 8 heteroatoms. The highest BCUT2D eigenvalue weighted by atomic mass is 35.5. The van der Waals surface area contributed by atoms with Gasteiger partial charge in [0.2, 0.25) is 0 Å². The minimum atomic E-state index is -3.36. The van der Waals surface area contributed by atoms with Crippen LogP contribution in [0, 0.1) is 11.8 Å². The fraction of sp³-hybridized carbons (Fsp3) is 0.444. The van der Waals surface area contributed by atoms with Crippen LogP contribution in [-0.2, 0) is 20.9 Å². The molecule has 1 aromatic carbocycles. The van der Waals surface area contributed by atoms with Gasteiger partial charge < -0.3 is 4.74 Å². The summed E-state index contributed by atoms with van der Waals surface area (Å²) in [4.78, 5) is 24.1. The Morgan fingerprint density at radius 2 is 1.85 bits per heavy atom. The first-order valence-corrected chi connectivity index (χ1v) is 10.4. The first-order chi connectivity index (χ1) is 12.4. The fourth-order valence-corrected chi connectivity index (χ4v) is 4.87. The molecule has 3 rings (SSSR count). The van der Waals surface area contributed by atoms with Gasteiger partial charge in [-0.25, -0.2) is 4.31 Å². The number of hydrogen-bond donors (Lipinski definition) is 2. The van der Waals surface area contributed by atoms with Crippen LogP contribution in [-0.4, -0.2) is 31.8 Å². The number of ether oxygens (including phenoxy) is 1. The van der Waals surface area contributed by atoms with Crippen LogP contribution in [0.2, 0.25) is 0 Å². The summed E-state index contributed by atoms with van der Waals surface area (Å²) in [5.74, 6) is -0.705. The van der Waals surface area contributed by atoms with Crippen LogP contribution >= 0.6 is 22.4 Å². The summed E-state index contributed by atoms with van der Waals surface area (Å²) in [7, 11) is -3.36. The van der Waals surface area contributed by atoms with E-state index in [0.29, 0.717) is 12.8 Å². The van der Waals surface area contributed by atoms with Gasteiger partial charge in [0, 0.05) is 12.6 Å². The molecule has 0 unspecified atom stereocenters. The van der Waals surface area contributed by atoms with Gasteiger partial charge in [0.25, 0.3) is 5.91 Å². The minimum Gasteiger partial charge on any atom is -0.461 e. The van der Waals surface area contributed by atoms with E-state index in [1.54, 1.807) is 0 Å². The van der Waals surface area contributed by atoms with E-state index in [4.69, 9.17) is 16.3 Å². The molecule has 0 bridgehead atoms. The van der Waals surface area contributed by atoms with E-state index in [2.05, 4.69) is 0 Å². The van der Waals surface area contributed by atoms with E-state index in [0.717, 1.165) is 28.8 Å². The van der Waals surface area contributed by atoms with Crippen LogP contribution in [0.1, 0.15) is 31.2 Å². The van der Waals surface area contributed by atoms with Gasteiger partial charge in [-0.05, 0) is 37.2 Å². The Hall–Kier alpha value is -1.54.